The monoisotopic (exact) mass is 271 g/mol. The van der Waals surface area contributed by atoms with Gasteiger partial charge in [0.05, 0.1) is 12.3 Å². The quantitative estimate of drug-likeness (QED) is 0.624. The number of nitrogens with zero attached hydrogens (tertiary/aromatic N) is 5. The van der Waals surface area contributed by atoms with E-state index in [1.807, 2.05) is 13.8 Å². The van der Waals surface area contributed by atoms with Gasteiger partial charge in [-0.2, -0.15) is 10.2 Å². The molecule has 0 spiro atoms. The maximum Gasteiger partial charge on any atom is 0.481 e. The van der Waals surface area contributed by atoms with E-state index >= 15 is 0 Å². The average molecular weight is 271 g/mol. The summed E-state index contributed by atoms with van der Waals surface area (Å²) in [6, 6.07) is 0. The van der Waals surface area contributed by atoms with Crippen molar-refractivity contribution in [1.29, 1.82) is 0 Å². The second kappa shape index (κ2) is 5.16. The summed E-state index contributed by atoms with van der Waals surface area (Å²) in [5.41, 5.74) is 0.831. The highest BCUT2D eigenvalue weighted by Gasteiger charge is 2.33. The Bertz CT molecular complexity index is 594. The van der Waals surface area contributed by atoms with Gasteiger partial charge in [0, 0.05) is 6.20 Å². The molecule has 2 heterocycles. The summed E-state index contributed by atoms with van der Waals surface area (Å²) in [4.78, 5) is 3.49. The lowest BCUT2D eigenvalue weighted by Gasteiger charge is -2.18. The molecule has 7 heteroatoms. The fourth-order valence-electron chi connectivity index (χ4n) is 1.90. The number of hydrogen-bond donors (Lipinski definition) is 0. The van der Waals surface area contributed by atoms with Crippen molar-refractivity contribution >= 4 is 28.1 Å². The lowest BCUT2D eigenvalue weighted by molar-refractivity contribution is 0.372. The highest BCUT2D eigenvalue weighted by atomic mass is 27.1. The highest BCUT2D eigenvalue weighted by molar-refractivity contribution is 5.99. The zero-order valence-electron chi connectivity index (χ0n) is 11.2. The summed E-state index contributed by atoms with van der Waals surface area (Å²) in [6.07, 6.45) is 3.39. The zero-order chi connectivity index (χ0) is 14.0. The van der Waals surface area contributed by atoms with Gasteiger partial charge in [0.15, 0.2) is 0 Å². The molecule has 0 bridgehead atoms. The molecular weight excluding hydrogens is 257 g/mol. The number of azo groups is 1. The molecule has 0 saturated carbocycles. The van der Waals surface area contributed by atoms with E-state index in [9.17, 15) is 0 Å². The summed E-state index contributed by atoms with van der Waals surface area (Å²) < 4.78 is 6.89. The Morgan fingerprint density at radius 2 is 2.26 bits per heavy atom. The Kier molecular flexibility index (Phi) is 3.75. The first-order chi connectivity index (χ1) is 9.03. The summed E-state index contributed by atoms with van der Waals surface area (Å²) in [5.74, 6) is 1.16. The van der Waals surface area contributed by atoms with Crippen molar-refractivity contribution in [3.63, 3.8) is 0 Å². The van der Waals surface area contributed by atoms with Crippen molar-refractivity contribution in [2.75, 3.05) is 0 Å². The molecule has 0 aromatic carbocycles. The predicted molar refractivity (Wildman–Crippen MR) is 71.5 cm³/mol. The Labute approximate surface area is 120 Å². The molecule has 0 amide bonds. The number of aromatic nitrogens is 2. The SMILES string of the molecule is [C-]#[N+]c1cn(C2=C([O][Al])C(C)(C)N=N2)nc1CCC. The van der Waals surface area contributed by atoms with E-state index < -0.39 is 5.54 Å². The largest absolute Gasteiger partial charge is 0.652 e. The Morgan fingerprint density at radius 1 is 1.53 bits per heavy atom. The van der Waals surface area contributed by atoms with Crippen LogP contribution >= 0.6 is 0 Å². The molecule has 0 atom stereocenters. The van der Waals surface area contributed by atoms with E-state index in [1.54, 1.807) is 10.9 Å². The summed E-state index contributed by atoms with van der Waals surface area (Å²) in [5, 5.41) is 12.7. The van der Waals surface area contributed by atoms with Crippen molar-refractivity contribution < 1.29 is 3.79 Å². The molecule has 0 fully saturated rings. The van der Waals surface area contributed by atoms with Gasteiger partial charge < -0.3 is 3.79 Å². The topological polar surface area (TPSA) is 56.1 Å². The van der Waals surface area contributed by atoms with Crippen LogP contribution in [-0.2, 0) is 10.2 Å². The molecule has 1 aromatic rings. The third-order valence-electron chi connectivity index (χ3n) is 2.86. The van der Waals surface area contributed by atoms with Crippen molar-refractivity contribution in [2.45, 2.75) is 39.2 Å². The van der Waals surface area contributed by atoms with E-state index in [0.29, 0.717) is 17.3 Å². The normalized spacial score (nSPS) is 16.7. The van der Waals surface area contributed by atoms with Gasteiger partial charge in [0.25, 0.3) is 0 Å². The van der Waals surface area contributed by atoms with E-state index in [2.05, 4.69) is 43.7 Å². The maximum atomic E-state index is 7.19. The smallest absolute Gasteiger partial charge is 0.481 e. The van der Waals surface area contributed by atoms with Gasteiger partial charge >= 0.3 is 16.6 Å². The molecule has 0 N–H and O–H groups in total. The van der Waals surface area contributed by atoms with Crippen molar-refractivity contribution in [3.8, 4) is 0 Å². The van der Waals surface area contributed by atoms with Crippen molar-refractivity contribution in [2.24, 2.45) is 10.2 Å². The molecule has 96 valence electrons. The Balaban J connectivity index is 2.49. The minimum Gasteiger partial charge on any atom is -0.652 e. The third kappa shape index (κ3) is 2.42. The van der Waals surface area contributed by atoms with Gasteiger partial charge in [-0.15, -0.1) is 5.11 Å². The minimum atomic E-state index is -0.508. The molecule has 1 aliphatic rings. The first-order valence-electron chi connectivity index (χ1n) is 6.04. The second-order valence-corrected chi connectivity index (χ2v) is 5.03. The molecule has 2 rings (SSSR count). The van der Waals surface area contributed by atoms with E-state index in [1.165, 1.54) is 0 Å². The van der Waals surface area contributed by atoms with Gasteiger partial charge in [-0.05, 0) is 20.3 Å². The summed E-state index contributed by atoms with van der Waals surface area (Å²) in [6.45, 7) is 13.1. The molecular formula is C12H14AlN5O. The lowest BCUT2D eigenvalue weighted by atomic mass is 10.1. The van der Waals surface area contributed by atoms with Crippen LogP contribution < -0.4 is 0 Å². The Morgan fingerprint density at radius 3 is 2.84 bits per heavy atom. The van der Waals surface area contributed by atoms with Gasteiger partial charge in [-0.3, -0.25) is 0 Å². The number of rotatable bonds is 4. The Hall–Kier alpha value is -1.63. The van der Waals surface area contributed by atoms with Crippen molar-refractivity contribution in [3.05, 3.63) is 29.1 Å². The second-order valence-electron chi connectivity index (χ2n) is 4.80. The van der Waals surface area contributed by atoms with Gasteiger partial charge in [0.2, 0.25) is 11.5 Å². The average Bonchev–Trinajstić information content (AvgIpc) is 2.90. The zero-order valence-corrected chi connectivity index (χ0v) is 12.4. The van der Waals surface area contributed by atoms with Crippen LogP contribution in [0.3, 0.4) is 0 Å². The molecule has 0 aliphatic carbocycles. The van der Waals surface area contributed by atoms with Crippen LogP contribution in [0.25, 0.3) is 10.7 Å². The van der Waals surface area contributed by atoms with Crippen LogP contribution in [0, 0.1) is 6.57 Å². The van der Waals surface area contributed by atoms with Crippen molar-refractivity contribution in [1.82, 2.24) is 9.78 Å². The standard InChI is InChI=1S/C12H15N5O.Al/c1-5-6-8-9(13-4)7-17(15-8)11-10(18)12(2,3)16-14-11;/h7,18H,5-6H2,1-3H3;/q;+1/p-1. The van der Waals surface area contributed by atoms with E-state index in [0.717, 1.165) is 18.5 Å². The van der Waals surface area contributed by atoms with Gasteiger partial charge in [-0.25, -0.2) is 9.53 Å². The molecule has 0 saturated heterocycles. The van der Waals surface area contributed by atoms with Crippen LogP contribution in [0.15, 0.2) is 22.2 Å². The van der Waals surface area contributed by atoms with Crippen LogP contribution in [0.5, 0.6) is 0 Å². The van der Waals surface area contributed by atoms with Crippen LogP contribution in [0.1, 0.15) is 32.9 Å². The van der Waals surface area contributed by atoms with Gasteiger partial charge in [-0.1, -0.05) is 13.3 Å². The van der Waals surface area contributed by atoms with Crippen LogP contribution in [0.4, 0.5) is 5.69 Å². The third-order valence-corrected chi connectivity index (χ3v) is 3.10. The molecule has 19 heavy (non-hydrogen) atoms. The van der Waals surface area contributed by atoms with Crippen LogP contribution in [-0.4, -0.2) is 31.9 Å². The minimum absolute atomic E-state index is 0.508. The fourth-order valence-corrected chi connectivity index (χ4v) is 2.29. The first-order valence-corrected chi connectivity index (χ1v) is 6.51. The first kappa shape index (κ1) is 13.8. The summed E-state index contributed by atoms with van der Waals surface area (Å²) >= 11 is 2.21. The summed E-state index contributed by atoms with van der Waals surface area (Å²) in [7, 11) is 0. The maximum absolute atomic E-state index is 7.19. The van der Waals surface area contributed by atoms with E-state index in [4.69, 9.17) is 10.4 Å². The highest BCUT2D eigenvalue weighted by Crippen LogP contribution is 2.35. The lowest BCUT2D eigenvalue weighted by Crippen LogP contribution is -2.19. The molecule has 1 aromatic heterocycles. The van der Waals surface area contributed by atoms with Crippen LogP contribution in [0.2, 0.25) is 0 Å². The fraction of sp³-hybridized carbons (Fsp3) is 0.500. The van der Waals surface area contributed by atoms with Gasteiger partial charge in [0.1, 0.15) is 11.3 Å². The molecule has 6 nitrogen and oxygen atoms in total. The van der Waals surface area contributed by atoms with E-state index in [-0.39, 0.29) is 0 Å². The molecule has 0 unspecified atom stereocenters. The molecule has 2 radical (unpaired) electrons. The molecule has 1 aliphatic heterocycles. The predicted octanol–water partition coefficient (Wildman–Crippen LogP) is 2.86. The number of hydrogen-bond acceptors (Lipinski definition) is 4. The number of aryl methyl sites for hydroxylation is 1.